The fourth-order valence-electron chi connectivity index (χ4n) is 1.94. The van der Waals surface area contributed by atoms with Crippen LogP contribution in [-0.4, -0.2) is 17.9 Å². The number of benzene rings is 2. The van der Waals surface area contributed by atoms with Crippen molar-refractivity contribution < 1.29 is 9.18 Å². The highest BCUT2D eigenvalue weighted by molar-refractivity contribution is 9.10. The molecule has 0 heterocycles. The van der Waals surface area contributed by atoms with Gasteiger partial charge in [-0.2, -0.15) is 0 Å². The van der Waals surface area contributed by atoms with Crippen molar-refractivity contribution >= 4 is 39.1 Å². The van der Waals surface area contributed by atoms with Gasteiger partial charge in [0.1, 0.15) is 5.82 Å². The summed E-state index contributed by atoms with van der Waals surface area (Å²) in [5.41, 5.74) is 6.98. The minimum Gasteiger partial charge on any atom is -0.399 e. The van der Waals surface area contributed by atoms with Gasteiger partial charge in [0.25, 0.3) is 5.91 Å². The average Bonchev–Trinajstić information content (AvgIpc) is 2.42. The van der Waals surface area contributed by atoms with Crippen LogP contribution >= 0.6 is 27.5 Å². The Morgan fingerprint density at radius 2 is 2.10 bits per heavy atom. The molecule has 2 N–H and O–H groups in total. The van der Waals surface area contributed by atoms with Crippen molar-refractivity contribution in [3.63, 3.8) is 0 Å². The molecule has 0 aromatic heterocycles. The van der Waals surface area contributed by atoms with Crippen LogP contribution in [0.15, 0.2) is 40.9 Å². The van der Waals surface area contributed by atoms with Crippen molar-refractivity contribution in [2.45, 2.75) is 6.54 Å². The van der Waals surface area contributed by atoms with Gasteiger partial charge in [-0.25, -0.2) is 4.39 Å². The summed E-state index contributed by atoms with van der Waals surface area (Å²) in [6.45, 7) is 0.240. The van der Waals surface area contributed by atoms with Gasteiger partial charge < -0.3 is 10.6 Å². The van der Waals surface area contributed by atoms with Gasteiger partial charge in [-0.05, 0) is 51.8 Å². The Morgan fingerprint density at radius 3 is 2.76 bits per heavy atom. The molecule has 110 valence electrons. The number of nitrogens with zero attached hydrogens (tertiary/aromatic N) is 1. The number of carbonyl (C=O) groups excluding carboxylic acids is 1. The van der Waals surface area contributed by atoms with Crippen molar-refractivity contribution in [1.82, 2.24) is 4.90 Å². The van der Waals surface area contributed by atoms with Crippen LogP contribution in [0.3, 0.4) is 0 Å². The van der Waals surface area contributed by atoms with Crippen molar-refractivity contribution in [3.8, 4) is 0 Å². The first-order valence-electron chi connectivity index (χ1n) is 6.13. The lowest BCUT2D eigenvalue weighted by Gasteiger charge is -2.19. The average molecular weight is 372 g/mol. The monoisotopic (exact) mass is 370 g/mol. The molecule has 0 aliphatic rings. The Bertz CT molecular complexity index is 673. The first-order chi connectivity index (χ1) is 9.90. The topological polar surface area (TPSA) is 46.3 Å². The summed E-state index contributed by atoms with van der Waals surface area (Å²) in [4.78, 5) is 13.8. The maximum atomic E-state index is 13.8. The molecule has 0 saturated carbocycles. The van der Waals surface area contributed by atoms with E-state index in [0.29, 0.717) is 20.7 Å². The molecule has 0 saturated heterocycles. The summed E-state index contributed by atoms with van der Waals surface area (Å²) in [6.07, 6.45) is 0. The van der Waals surface area contributed by atoms with Crippen LogP contribution in [0.2, 0.25) is 5.02 Å². The van der Waals surface area contributed by atoms with Crippen molar-refractivity contribution in [3.05, 3.63) is 62.8 Å². The molecule has 0 atom stereocenters. The number of hydrogen-bond donors (Lipinski definition) is 1. The third-order valence-electron chi connectivity index (χ3n) is 3.00. The molecule has 3 nitrogen and oxygen atoms in total. The van der Waals surface area contributed by atoms with Crippen LogP contribution < -0.4 is 5.73 Å². The third kappa shape index (κ3) is 3.54. The van der Waals surface area contributed by atoms with Crippen molar-refractivity contribution in [2.75, 3.05) is 12.8 Å². The predicted molar refractivity (Wildman–Crippen MR) is 85.8 cm³/mol. The zero-order chi connectivity index (χ0) is 15.6. The Morgan fingerprint density at radius 1 is 1.38 bits per heavy atom. The first-order valence-corrected chi connectivity index (χ1v) is 7.30. The lowest BCUT2D eigenvalue weighted by atomic mass is 10.1. The van der Waals surface area contributed by atoms with E-state index in [0.717, 1.165) is 0 Å². The second kappa shape index (κ2) is 6.45. The Labute approximate surface area is 135 Å². The van der Waals surface area contributed by atoms with E-state index in [1.54, 1.807) is 31.3 Å². The molecule has 0 bridgehead atoms. The standard InChI is InChI=1S/C15H13BrClFN2O/c1-20(8-9-7-10(19)5-6-12(9)17)15(21)14-11(16)3-2-4-13(14)18/h2-7H,8,19H2,1H3. The number of anilines is 1. The van der Waals surface area contributed by atoms with Gasteiger partial charge in [-0.15, -0.1) is 0 Å². The smallest absolute Gasteiger partial charge is 0.258 e. The summed E-state index contributed by atoms with van der Waals surface area (Å²) < 4.78 is 14.2. The number of carbonyl (C=O) groups is 1. The summed E-state index contributed by atoms with van der Waals surface area (Å²) >= 11 is 9.27. The Balaban J connectivity index is 2.26. The highest BCUT2D eigenvalue weighted by Crippen LogP contribution is 2.24. The molecule has 2 rings (SSSR count). The minimum atomic E-state index is -0.570. The highest BCUT2D eigenvalue weighted by atomic mass is 79.9. The van der Waals surface area contributed by atoms with Gasteiger partial charge in [-0.1, -0.05) is 17.7 Å². The summed E-state index contributed by atoms with van der Waals surface area (Å²) in [5.74, 6) is -1.00. The number of halogens is 3. The molecular weight excluding hydrogens is 359 g/mol. The molecule has 0 aliphatic heterocycles. The number of hydrogen-bond acceptors (Lipinski definition) is 2. The fourth-order valence-corrected chi connectivity index (χ4v) is 2.63. The van der Waals surface area contributed by atoms with Crippen LogP contribution in [0, 0.1) is 5.82 Å². The number of nitrogen functional groups attached to an aromatic ring is 1. The summed E-state index contributed by atoms with van der Waals surface area (Å²) in [6, 6.07) is 9.45. The number of amides is 1. The molecule has 21 heavy (non-hydrogen) atoms. The van der Waals surface area contributed by atoms with Crippen LogP contribution in [0.1, 0.15) is 15.9 Å². The third-order valence-corrected chi connectivity index (χ3v) is 4.03. The molecule has 0 fully saturated rings. The molecule has 0 aliphatic carbocycles. The van der Waals surface area contributed by atoms with Gasteiger partial charge in [0, 0.05) is 28.8 Å². The second-order valence-corrected chi connectivity index (χ2v) is 5.87. The lowest BCUT2D eigenvalue weighted by molar-refractivity contribution is 0.0779. The quantitative estimate of drug-likeness (QED) is 0.826. The minimum absolute atomic E-state index is 0.0000236. The van der Waals surface area contributed by atoms with E-state index in [9.17, 15) is 9.18 Å². The highest BCUT2D eigenvalue weighted by Gasteiger charge is 2.20. The molecule has 2 aromatic carbocycles. The SMILES string of the molecule is CN(Cc1cc(N)ccc1Cl)C(=O)c1c(F)cccc1Br. The van der Waals surface area contributed by atoms with Crippen LogP contribution in [-0.2, 0) is 6.54 Å². The predicted octanol–water partition coefficient (Wildman–Crippen LogP) is 4.10. The van der Waals surface area contributed by atoms with E-state index in [1.165, 1.54) is 17.0 Å². The van der Waals surface area contributed by atoms with Gasteiger partial charge in [0.2, 0.25) is 0 Å². The maximum Gasteiger partial charge on any atom is 0.258 e. The van der Waals surface area contributed by atoms with Gasteiger partial charge >= 0.3 is 0 Å². The maximum absolute atomic E-state index is 13.8. The van der Waals surface area contributed by atoms with Gasteiger partial charge in [-0.3, -0.25) is 4.79 Å². The molecule has 1 amide bonds. The fraction of sp³-hybridized carbons (Fsp3) is 0.133. The molecule has 0 unspecified atom stereocenters. The number of nitrogens with two attached hydrogens (primary N) is 1. The second-order valence-electron chi connectivity index (χ2n) is 4.61. The zero-order valence-electron chi connectivity index (χ0n) is 11.2. The van der Waals surface area contributed by atoms with Crippen LogP contribution in [0.4, 0.5) is 10.1 Å². The van der Waals surface area contributed by atoms with E-state index in [2.05, 4.69) is 15.9 Å². The molecule has 0 radical (unpaired) electrons. The van der Waals surface area contributed by atoms with E-state index in [1.807, 2.05) is 0 Å². The molecular formula is C15H13BrClFN2O. The van der Waals surface area contributed by atoms with Crippen molar-refractivity contribution in [1.29, 1.82) is 0 Å². The molecule has 0 spiro atoms. The largest absolute Gasteiger partial charge is 0.399 e. The van der Waals surface area contributed by atoms with Gasteiger partial charge in [0.15, 0.2) is 0 Å². The Kier molecular flexibility index (Phi) is 4.85. The van der Waals surface area contributed by atoms with E-state index >= 15 is 0 Å². The van der Waals surface area contributed by atoms with Crippen LogP contribution in [0.25, 0.3) is 0 Å². The number of rotatable bonds is 3. The molecule has 6 heteroatoms. The Hall–Kier alpha value is -1.59. The van der Waals surface area contributed by atoms with E-state index in [-0.39, 0.29) is 12.1 Å². The first kappa shape index (κ1) is 15.8. The summed E-state index contributed by atoms with van der Waals surface area (Å²) in [7, 11) is 1.58. The zero-order valence-corrected chi connectivity index (χ0v) is 13.6. The lowest BCUT2D eigenvalue weighted by Crippen LogP contribution is -2.27. The van der Waals surface area contributed by atoms with Crippen molar-refractivity contribution in [2.24, 2.45) is 0 Å². The van der Waals surface area contributed by atoms with Gasteiger partial charge in [0.05, 0.1) is 5.56 Å². The van der Waals surface area contributed by atoms with E-state index in [4.69, 9.17) is 17.3 Å². The van der Waals surface area contributed by atoms with Crippen LogP contribution in [0.5, 0.6) is 0 Å². The normalized spacial score (nSPS) is 10.5. The van der Waals surface area contributed by atoms with E-state index < -0.39 is 11.7 Å². The summed E-state index contributed by atoms with van der Waals surface area (Å²) in [5, 5.41) is 0.511. The molecule has 2 aromatic rings.